The lowest BCUT2D eigenvalue weighted by Crippen LogP contribution is -2.49. The van der Waals surface area contributed by atoms with E-state index in [-0.39, 0.29) is 12.5 Å². The largest absolute Gasteiger partial charge is 0.396 e. The minimum absolute atomic E-state index is 0.139. The van der Waals surface area contributed by atoms with E-state index in [4.69, 9.17) is 16.7 Å². The van der Waals surface area contributed by atoms with E-state index in [0.717, 1.165) is 44.7 Å². The van der Waals surface area contributed by atoms with Crippen molar-refractivity contribution < 1.29 is 9.90 Å². The Balaban J connectivity index is 1.82. The predicted molar refractivity (Wildman–Crippen MR) is 79.9 cm³/mol. The molecule has 0 aromatic heterocycles. The lowest BCUT2D eigenvalue weighted by atomic mass is 10.1. The van der Waals surface area contributed by atoms with Gasteiger partial charge >= 0.3 is 0 Å². The van der Waals surface area contributed by atoms with Gasteiger partial charge in [0.2, 0.25) is 5.91 Å². The Bertz CT molecular complexity index is 445. The molecule has 0 radical (unpaired) electrons. The molecule has 5 heteroatoms. The highest BCUT2D eigenvalue weighted by atomic mass is 35.5. The molecule has 0 saturated carbocycles. The molecule has 0 spiro atoms. The summed E-state index contributed by atoms with van der Waals surface area (Å²) in [7, 11) is 0. The molecule has 1 amide bonds. The van der Waals surface area contributed by atoms with E-state index < -0.39 is 0 Å². The maximum atomic E-state index is 12.2. The first kappa shape index (κ1) is 15.3. The van der Waals surface area contributed by atoms with Gasteiger partial charge in [-0.3, -0.25) is 9.69 Å². The van der Waals surface area contributed by atoms with Gasteiger partial charge in [-0.1, -0.05) is 29.8 Å². The smallest absolute Gasteiger partial charge is 0.227 e. The molecule has 1 fully saturated rings. The van der Waals surface area contributed by atoms with Gasteiger partial charge in [-0.15, -0.1) is 0 Å². The minimum Gasteiger partial charge on any atom is -0.396 e. The van der Waals surface area contributed by atoms with Gasteiger partial charge in [0.15, 0.2) is 0 Å². The molecule has 1 heterocycles. The lowest BCUT2D eigenvalue weighted by molar-refractivity contribution is -0.132. The fourth-order valence-electron chi connectivity index (χ4n) is 2.43. The summed E-state index contributed by atoms with van der Waals surface area (Å²) in [4.78, 5) is 16.4. The quantitative estimate of drug-likeness (QED) is 0.893. The number of hydrogen-bond acceptors (Lipinski definition) is 3. The average Bonchev–Trinajstić information content (AvgIpc) is 2.48. The Hall–Kier alpha value is -1.10. The number of carbonyl (C=O) groups excluding carboxylic acids is 1. The van der Waals surface area contributed by atoms with Crippen molar-refractivity contribution in [3.8, 4) is 0 Å². The summed E-state index contributed by atoms with van der Waals surface area (Å²) in [6.45, 7) is 4.42. The highest BCUT2D eigenvalue weighted by Gasteiger charge is 2.21. The van der Waals surface area contributed by atoms with Crippen LogP contribution in [0.5, 0.6) is 0 Å². The molecule has 20 heavy (non-hydrogen) atoms. The second-order valence-electron chi connectivity index (χ2n) is 5.07. The number of aliphatic hydroxyl groups excluding tert-OH is 1. The van der Waals surface area contributed by atoms with Crippen molar-refractivity contribution in [3.63, 3.8) is 0 Å². The third-order valence-electron chi connectivity index (χ3n) is 3.66. The molecule has 4 nitrogen and oxygen atoms in total. The van der Waals surface area contributed by atoms with E-state index in [1.54, 1.807) is 0 Å². The molecule has 0 atom stereocenters. The van der Waals surface area contributed by atoms with Gasteiger partial charge in [-0.25, -0.2) is 0 Å². The number of aliphatic hydroxyl groups is 1. The first-order valence-electron chi connectivity index (χ1n) is 7.05. The standard InChI is InChI=1S/C15H21ClN2O2/c16-14-5-2-1-4-13(14)12-15(20)18-9-7-17(8-10-18)6-3-11-19/h1-2,4-5,19H,3,6-12H2. The predicted octanol–water partition coefficient (Wildman–Crippen LogP) is 1.41. The maximum absolute atomic E-state index is 12.2. The first-order valence-corrected chi connectivity index (χ1v) is 7.43. The molecule has 2 rings (SSSR count). The normalized spacial score (nSPS) is 16.4. The zero-order valence-corrected chi connectivity index (χ0v) is 12.4. The van der Waals surface area contributed by atoms with Crippen LogP contribution in [0.1, 0.15) is 12.0 Å². The molecule has 1 aromatic rings. The summed E-state index contributed by atoms with van der Waals surface area (Å²) in [5, 5.41) is 9.48. The molecule has 1 N–H and O–H groups in total. The Morgan fingerprint density at radius 3 is 2.55 bits per heavy atom. The van der Waals surface area contributed by atoms with Gasteiger partial charge in [-0.2, -0.15) is 0 Å². The number of nitrogens with zero attached hydrogens (tertiary/aromatic N) is 2. The average molecular weight is 297 g/mol. The fourth-order valence-corrected chi connectivity index (χ4v) is 2.63. The van der Waals surface area contributed by atoms with Crippen molar-refractivity contribution in [3.05, 3.63) is 34.9 Å². The third kappa shape index (κ3) is 4.20. The summed E-state index contributed by atoms with van der Waals surface area (Å²) in [6.07, 6.45) is 1.17. The summed E-state index contributed by atoms with van der Waals surface area (Å²) >= 11 is 6.08. The van der Waals surface area contributed by atoms with Crippen LogP contribution in [-0.2, 0) is 11.2 Å². The number of piperazine rings is 1. The Morgan fingerprint density at radius 2 is 1.90 bits per heavy atom. The van der Waals surface area contributed by atoms with Crippen molar-refractivity contribution in [1.82, 2.24) is 9.80 Å². The monoisotopic (exact) mass is 296 g/mol. The zero-order chi connectivity index (χ0) is 14.4. The van der Waals surface area contributed by atoms with Crippen molar-refractivity contribution in [2.24, 2.45) is 0 Å². The van der Waals surface area contributed by atoms with Gasteiger partial charge in [-0.05, 0) is 18.1 Å². The SMILES string of the molecule is O=C(Cc1ccccc1Cl)N1CCN(CCCO)CC1. The second-order valence-corrected chi connectivity index (χ2v) is 5.47. The van der Waals surface area contributed by atoms with E-state index >= 15 is 0 Å². The number of amides is 1. The Kier molecular flexibility index (Phi) is 5.83. The summed E-state index contributed by atoms with van der Waals surface area (Å²) in [5.41, 5.74) is 0.891. The van der Waals surface area contributed by atoms with Crippen LogP contribution >= 0.6 is 11.6 Å². The molecule has 1 saturated heterocycles. The van der Waals surface area contributed by atoms with Crippen LogP contribution in [0.25, 0.3) is 0 Å². The van der Waals surface area contributed by atoms with Crippen LogP contribution in [0.3, 0.4) is 0 Å². The number of benzene rings is 1. The number of rotatable bonds is 5. The van der Waals surface area contributed by atoms with Gasteiger partial charge in [0, 0.05) is 44.4 Å². The van der Waals surface area contributed by atoms with Gasteiger partial charge in [0.05, 0.1) is 6.42 Å². The molecular weight excluding hydrogens is 276 g/mol. The van der Waals surface area contributed by atoms with Crippen LogP contribution in [0.4, 0.5) is 0 Å². The summed E-state index contributed by atoms with van der Waals surface area (Å²) < 4.78 is 0. The maximum Gasteiger partial charge on any atom is 0.227 e. The molecule has 110 valence electrons. The van der Waals surface area contributed by atoms with Gasteiger partial charge in [0.1, 0.15) is 0 Å². The second kappa shape index (κ2) is 7.62. The van der Waals surface area contributed by atoms with Crippen LogP contribution in [-0.4, -0.2) is 60.1 Å². The first-order chi connectivity index (χ1) is 9.70. The summed E-state index contributed by atoms with van der Waals surface area (Å²) in [6, 6.07) is 7.49. The number of carbonyl (C=O) groups is 1. The third-order valence-corrected chi connectivity index (χ3v) is 4.03. The molecule has 0 unspecified atom stereocenters. The van der Waals surface area contributed by atoms with E-state index in [2.05, 4.69) is 4.90 Å². The topological polar surface area (TPSA) is 43.8 Å². The molecule has 0 bridgehead atoms. The Morgan fingerprint density at radius 1 is 1.20 bits per heavy atom. The van der Waals surface area contributed by atoms with Crippen molar-refractivity contribution in [2.45, 2.75) is 12.8 Å². The molecule has 1 aromatic carbocycles. The van der Waals surface area contributed by atoms with Crippen LogP contribution in [0.2, 0.25) is 5.02 Å². The highest BCUT2D eigenvalue weighted by molar-refractivity contribution is 6.31. The van der Waals surface area contributed by atoms with E-state index in [1.807, 2.05) is 29.2 Å². The van der Waals surface area contributed by atoms with E-state index in [1.165, 1.54) is 0 Å². The summed E-state index contributed by atoms with van der Waals surface area (Å²) in [5.74, 6) is 0.139. The molecule has 1 aliphatic rings. The lowest BCUT2D eigenvalue weighted by Gasteiger charge is -2.34. The number of hydrogen-bond donors (Lipinski definition) is 1. The highest BCUT2D eigenvalue weighted by Crippen LogP contribution is 2.16. The molecule has 1 aliphatic heterocycles. The molecule has 0 aliphatic carbocycles. The van der Waals surface area contributed by atoms with E-state index in [9.17, 15) is 4.79 Å². The van der Waals surface area contributed by atoms with Gasteiger partial charge < -0.3 is 10.0 Å². The van der Waals surface area contributed by atoms with E-state index in [0.29, 0.717) is 11.4 Å². The van der Waals surface area contributed by atoms with Crippen LogP contribution < -0.4 is 0 Å². The van der Waals surface area contributed by atoms with Crippen LogP contribution in [0.15, 0.2) is 24.3 Å². The number of halogens is 1. The molecular formula is C15H21ClN2O2. The van der Waals surface area contributed by atoms with Crippen molar-refractivity contribution in [2.75, 3.05) is 39.3 Å². The van der Waals surface area contributed by atoms with Crippen molar-refractivity contribution >= 4 is 17.5 Å². The van der Waals surface area contributed by atoms with Gasteiger partial charge in [0.25, 0.3) is 0 Å². The Labute approximate surface area is 124 Å². The van der Waals surface area contributed by atoms with Crippen LogP contribution in [0, 0.1) is 0 Å². The fraction of sp³-hybridized carbons (Fsp3) is 0.533. The van der Waals surface area contributed by atoms with Crippen molar-refractivity contribution in [1.29, 1.82) is 0 Å². The zero-order valence-electron chi connectivity index (χ0n) is 11.6. The minimum atomic E-state index is 0.139.